The molecule has 3 aromatic rings. The van der Waals surface area contributed by atoms with Crippen LogP contribution in [0.15, 0.2) is 47.0 Å². The average molecular weight is 485 g/mol. The van der Waals surface area contributed by atoms with Crippen LogP contribution in [0, 0.1) is 11.7 Å². The first-order chi connectivity index (χ1) is 16.3. The van der Waals surface area contributed by atoms with Gasteiger partial charge in [-0.1, -0.05) is 41.0 Å². The van der Waals surface area contributed by atoms with Crippen molar-refractivity contribution in [1.82, 2.24) is 15.0 Å². The summed E-state index contributed by atoms with van der Waals surface area (Å²) >= 11 is 6.08. The van der Waals surface area contributed by atoms with E-state index in [2.05, 4.69) is 10.1 Å². The van der Waals surface area contributed by atoms with E-state index in [0.29, 0.717) is 25.0 Å². The Morgan fingerprint density at radius 3 is 2.85 bits per heavy atom. The van der Waals surface area contributed by atoms with Gasteiger partial charge in [0.25, 0.3) is 0 Å². The minimum absolute atomic E-state index is 0.0583. The number of aryl methyl sites for hydroxylation is 1. The van der Waals surface area contributed by atoms with Gasteiger partial charge in [0.1, 0.15) is 17.5 Å². The average Bonchev–Trinajstić information content (AvgIpc) is 3.24. The van der Waals surface area contributed by atoms with Crippen molar-refractivity contribution in [2.75, 3.05) is 6.54 Å². The third kappa shape index (κ3) is 3.69. The predicted octanol–water partition coefficient (Wildman–Crippen LogP) is 3.69. The molecule has 1 aromatic heterocycles. The molecule has 10 heteroatoms. The summed E-state index contributed by atoms with van der Waals surface area (Å²) in [6.07, 6.45) is 1.25. The van der Waals surface area contributed by atoms with Gasteiger partial charge in [0.05, 0.1) is 10.6 Å². The molecule has 176 valence electrons. The Bertz CT molecular complexity index is 1260. The Hall–Kier alpha value is -3.46. The van der Waals surface area contributed by atoms with Crippen LogP contribution in [0.1, 0.15) is 37.1 Å². The number of amides is 2. The van der Waals surface area contributed by atoms with Gasteiger partial charge in [-0.3, -0.25) is 9.59 Å². The summed E-state index contributed by atoms with van der Waals surface area (Å²) < 4.78 is 25.7. The van der Waals surface area contributed by atoms with E-state index in [-0.39, 0.29) is 40.7 Å². The summed E-state index contributed by atoms with van der Waals surface area (Å²) in [5.41, 5.74) is 5.63. The number of para-hydroxylation sites is 1. The van der Waals surface area contributed by atoms with Gasteiger partial charge in [0.15, 0.2) is 5.72 Å². The van der Waals surface area contributed by atoms with Crippen LogP contribution < -0.4 is 10.5 Å². The van der Waals surface area contributed by atoms with Crippen molar-refractivity contribution in [3.05, 3.63) is 64.8 Å². The standard InChI is InChI=1S/C24H22ClFN4O4/c1-24-12-14(13-6-2-3-9-17(13)33-24)19(21(27)31)23(32)30(24)11-5-10-18-28-22(29-34-18)20-15(25)7-4-8-16(20)26/h2-4,6-9,14,19H,5,10-12H2,1H3,(H2,27,31)/t14-,19+,24-/m0/s1. The molecule has 0 unspecified atom stereocenters. The number of nitrogens with zero attached hydrogens (tertiary/aromatic N) is 3. The zero-order chi connectivity index (χ0) is 24.0. The summed E-state index contributed by atoms with van der Waals surface area (Å²) in [7, 11) is 0. The fourth-order valence-corrected chi connectivity index (χ4v) is 5.18. The topological polar surface area (TPSA) is 112 Å². The van der Waals surface area contributed by atoms with Crippen molar-refractivity contribution >= 4 is 23.4 Å². The van der Waals surface area contributed by atoms with Crippen molar-refractivity contribution in [2.24, 2.45) is 11.7 Å². The molecule has 34 heavy (non-hydrogen) atoms. The number of fused-ring (bicyclic) bond motifs is 4. The van der Waals surface area contributed by atoms with Gasteiger partial charge in [-0.25, -0.2) is 4.39 Å². The van der Waals surface area contributed by atoms with Crippen LogP contribution in [0.25, 0.3) is 11.4 Å². The highest BCUT2D eigenvalue weighted by Crippen LogP contribution is 2.50. The molecule has 8 nitrogen and oxygen atoms in total. The minimum atomic E-state index is -0.962. The lowest BCUT2D eigenvalue weighted by Crippen LogP contribution is -2.64. The molecule has 3 atom stereocenters. The first-order valence-electron chi connectivity index (χ1n) is 10.9. The normalized spacial score (nSPS) is 23.4. The number of hydrogen-bond acceptors (Lipinski definition) is 6. The van der Waals surface area contributed by atoms with Crippen LogP contribution in [0.3, 0.4) is 0 Å². The molecule has 2 aliphatic heterocycles. The van der Waals surface area contributed by atoms with E-state index in [4.69, 9.17) is 26.6 Å². The van der Waals surface area contributed by atoms with E-state index in [0.717, 1.165) is 5.56 Å². The second-order valence-corrected chi connectivity index (χ2v) is 9.11. The maximum Gasteiger partial charge on any atom is 0.238 e. The lowest BCUT2D eigenvalue weighted by Gasteiger charge is -2.52. The zero-order valence-corrected chi connectivity index (χ0v) is 19.1. The van der Waals surface area contributed by atoms with Gasteiger partial charge >= 0.3 is 0 Å². The molecule has 2 aliphatic rings. The van der Waals surface area contributed by atoms with Crippen molar-refractivity contribution in [2.45, 2.75) is 37.8 Å². The molecule has 0 aliphatic carbocycles. The molecule has 1 saturated heterocycles. The third-order valence-electron chi connectivity index (χ3n) is 6.49. The molecule has 1 fully saturated rings. The van der Waals surface area contributed by atoms with Gasteiger partial charge in [-0.2, -0.15) is 4.98 Å². The predicted molar refractivity (Wildman–Crippen MR) is 120 cm³/mol. The van der Waals surface area contributed by atoms with Gasteiger partial charge in [-0.15, -0.1) is 0 Å². The molecule has 2 bridgehead atoms. The molecule has 2 aromatic carbocycles. The third-order valence-corrected chi connectivity index (χ3v) is 6.80. The maximum atomic E-state index is 14.2. The number of benzene rings is 2. The van der Waals surface area contributed by atoms with Crippen molar-refractivity contribution in [1.29, 1.82) is 0 Å². The highest BCUT2D eigenvalue weighted by Gasteiger charge is 2.55. The number of ether oxygens (including phenoxy) is 1. The first kappa shape index (κ1) is 22.3. The van der Waals surface area contributed by atoms with E-state index in [9.17, 15) is 14.0 Å². The summed E-state index contributed by atoms with van der Waals surface area (Å²) in [4.78, 5) is 31.4. The highest BCUT2D eigenvalue weighted by molar-refractivity contribution is 6.33. The van der Waals surface area contributed by atoms with Gasteiger partial charge in [-0.05, 0) is 37.1 Å². The molecule has 3 heterocycles. The van der Waals surface area contributed by atoms with Crippen LogP contribution in [0.4, 0.5) is 4.39 Å². The molecular formula is C24H22ClFN4O4. The molecule has 5 rings (SSSR count). The largest absolute Gasteiger partial charge is 0.468 e. The second-order valence-electron chi connectivity index (χ2n) is 8.71. The molecule has 2 N–H and O–H groups in total. The monoisotopic (exact) mass is 484 g/mol. The lowest BCUT2D eigenvalue weighted by molar-refractivity contribution is -0.175. The smallest absolute Gasteiger partial charge is 0.238 e. The zero-order valence-electron chi connectivity index (χ0n) is 18.3. The van der Waals surface area contributed by atoms with E-state index < -0.39 is 23.4 Å². The van der Waals surface area contributed by atoms with E-state index in [1.807, 2.05) is 31.2 Å². The maximum absolute atomic E-state index is 14.2. The summed E-state index contributed by atoms with van der Waals surface area (Å²) in [5.74, 6) is -1.86. The van der Waals surface area contributed by atoms with Crippen molar-refractivity contribution in [3.63, 3.8) is 0 Å². The fourth-order valence-electron chi connectivity index (χ4n) is 4.94. The number of primary amides is 1. The lowest BCUT2D eigenvalue weighted by atomic mass is 9.73. The number of aromatic nitrogens is 2. The SMILES string of the molecule is C[C@@]12C[C@@H](c3ccccc3O1)[C@H](C(N)=O)C(=O)N2CCCc1nc(-c2c(F)cccc2Cl)no1. The van der Waals surface area contributed by atoms with Crippen molar-refractivity contribution in [3.8, 4) is 17.1 Å². The molecule has 0 spiro atoms. The van der Waals surface area contributed by atoms with Gasteiger partial charge < -0.3 is 19.9 Å². The highest BCUT2D eigenvalue weighted by atomic mass is 35.5. The molecule has 2 amide bonds. The van der Waals surface area contributed by atoms with Crippen LogP contribution in [-0.2, 0) is 16.0 Å². The van der Waals surface area contributed by atoms with E-state index >= 15 is 0 Å². The van der Waals surface area contributed by atoms with Crippen LogP contribution in [0.5, 0.6) is 5.75 Å². The number of likely N-dealkylation sites (tertiary alicyclic amines) is 1. The minimum Gasteiger partial charge on any atom is -0.468 e. The fraction of sp³-hybridized carbons (Fsp3) is 0.333. The molecule has 0 saturated carbocycles. The number of halogens is 2. The van der Waals surface area contributed by atoms with Crippen LogP contribution in [-0.4, -0.2) is 39.1 Å². The Labute approximate surface area is 199 Å². The second kappa shape index (κ2) is 8.39. The number of carbonyl (C=O) groups is 2. The summed E-state index contributed by atoms with van der Waals surface area (Å²) in [6, 6.07) is 11.7. The Kier molecular flexibility index (Phi) is 5.51. The Morgan fingerprint density at radius 2 is 2.09 bits per heavy atom. The number of piperidine rings is 1. The summed E-state index contributed by atoms with van der Waals surface area (Å²) in [5, 5.41) is 4.02. The van der Waals surface area contributed by atoms with Gasteiger partial charge in [0, 0.05) is 25.3 Å². The molecule has 0 radical (unpaired) electrons. The Balaban J connectivity index is 1.34. The van der Waals surface area contributed by atoms with Crippen molar-refractivity contribution < 1.29 is 23.2 Å². The number of nitrogens with two attached hydrogens (primary N) is 1. The van der Waals surface area contributed by atoms with Crippen LogP contribution in [0.2, 0.25) is 5.02 Å². The quantitative estimate of drug-likeness (QED) is 0.534. The number of rotatable bonds is 6. The number of carbonyl (C=O) groups excluding carboxylic acids is 2. The van der Waals surface area contributed by atoms with Gasteiger partial charge in [0.2, 0.25) is 23.5 Å². The Morgan fingerprint density at radius 1 is 1.29 bits per heavy atom. The van der Waals surface area contributed by atoms with Crippen LogP contribution >= 0.6 is 11.6 Å². The van der Waals surface area contributed by atoms with E-state index in [1.54, 1.807) is 11.0 Å². The number of hydrogen-bond donors (Lipinski definition) is 1. The first-order valence-corrected chi connectivity index (χ1v) is 11.3. The van der Waals surface area contributed by atoms with E-state index in [1.165, 1.54) is 12.1 Å². The summed E-state index contributed by atoms with van der Waals surface area (Å²) in [6.45, 7) is 2.13. The molecular weight excluding hydrogens is 463 g/mol.